The van der Waals surface area contributed by atoms with E-state index in [4.69, 9.17) is 5.73 Å². The van der Waals surface area contributed by atoms with Crippen LogP contribution in [0.4, 0.5) is 0 Å². The van der Waals surface area contributed by atoms with E-state index in [0.29, 0.717) is 13.1 Å². The summed E-state index contributed by atoms with van der Waals surface area (Å²) < 4.78 is 0. The highest BCUT2D eigenvalue weighted by molar-refractivity contribution is 5.83. The Morgan fingerprint density at radius 1 is 1.16 bits per heavy atom. The number of likely N-dealkylation sites (tertiary alicyclic amines) is 1. The summed E-state index contributed by atoms with van der Waals surface area (Å²) in [6, 6.07) is 15.0. The molecule has 2 unspecified atom stereocenters. The molecule has 1 aromatic carbocycles. The maximum Gasteiger partial charge on any atom is 0.244 e. The molecule has 0 spiro atoms. The van der Waals surface area contributed by atoms with Crippen LogP contribution in [0.3, 0.4) is 0 Å². The van der Waals surface area contributed by atoms with Crippen LogP contribution < -0.4 is 5.73 Å². The van der Waals surface area contributed by atoms with Gasteiger partial charge in [-0.25, -0.2) is 0 Å². The van der Waals surface area contributed by atoms with Gasteiger partial charge >= 0.3 is 0 Å². The van der Waals surface area contributed by atoms with Gasteiger partial charge in [0.15, 0.2) is 0 Å². The average Bonchev–Trinajstić information content (AvgIpc) is 2.69. The number of nitriles is 1. The Morgan fingerprint density at radius 3 is 2.44 bits per heavy atom. The average molecular weight is 334 g/mol. The SMILES string of the molecule is N#CC(c1cccnc1)C1CCN(C(=O)C(N)c2ccccc2)CC1. The van der Waals surface area contributed by atoms with Crippen LogP contribution in [0.5, 0.6) is 0 Å². The van der Waals surface area contributed by atoms with Crippen molar-refractivity contribution in [1.82, 2.24) is 9.88 Å². The number of piperidine rings is 1. The second-order valence-corrected chi connectivity index (χ2v) is 6.44. The Morgan fingerprint density at radius 2 is 1.84 bits per heavy atom. The number of carbonyl (C=O) groups is 1. The lowest BCUT2D eigenvalue weighted by Gasteiger charge is -2.35. The Kier molecular flexibility index (Phi) is 5.42. The molecule has 1 aliphatic heterocycles. The number of amides is 1. The lowest BCUT2D eigenvalue weighted by molar-refractivity contribution is -0.134. The van der Waals surface area contributed by atoms with Crippen LogP contribution in [-0.2, 0) is 4.79 Å². The number of pyridine rings is 1. The zero-order valence-corrected chi connectivity index (χ0v) is 14.1. The van der Waals surface area contributed by atoms with Crippen molar-refractivity contribution in [3.8, 4) is 6.07 Å². The van der Waals surface area contributed by atoms with Gasteiger partial charge in [0, 0.05) is 25.5 Å². The molecule has 2 heterocycles. The highest BCUT2D eigenvalue weighted by Gasteiger charge is 2.31. The minimum Gasteiger partial charge on any atom is -0.341 e. The predicted molar refractivity (Wildman–Crippen MR) is 95.3 cm³/mol. The minimum absolute atomic E-state index is 0.0421. The van der Waals surface area contributed by atoms with Gasteiger partial charge in [0.05, 0.1) is 12.0 Å². The van der Waals surface area contributed by atoms with E-state index in [9.17, 15) is 10.1 Å². The summed E-state index contributed by atoms with van der Waals surface area (Å²) in [5, 5.41) is 9.57. The number of carbonyl (C=O) groups excluding carboxylic acids is 1. The molecule has 2 aromatic rings. The standard InChI is InChI=1S/C20H22N4O/c21-13-18(17-7-4-10-23-14-17)15-8-11-24(12-9-15)20(25)19(22)16-5-2-1-3-6-16/h1-7,10,14-15,18-19H,8-9,11-12,22H2. The molecular formula is C20H22N4O. The summed E-state index contributed by atoms with van der Waals surface area (Å²) >= 11 is 0. The summed E-state index contributed by atoms with van der Waals surface area (Å²) in [5.41, 5.74) is 7.92. The summed E-state index contributed by atoms with van der Waals surface area (Å²) in [4.78, 5) is 18.6. The zero-order valence-electron chi connectivity index (χ0n) is 14.1. The van der Waals surface area contributed by atoms with E-state index in [2.05, 4.69) is 11.1 Å². The molecule has 1 aromatic heterocycles. The summed E-state index contributed by atoms with van der Waals surface area (Å²) in [5.74, 6) is 0.0273. The maximum atomic E-state index is 12.6. The molecule has 0 saturated carbocycles. The highest BCUT2D eigenvalue weighted by atomic mass is 16.2. The first-order valence-electron chi connectivity index (χ1n) is 8.59. The van der Waals surface area contributed by atoms with Crippen molar-refractivity contribution in [2.45, 2.75) is 24.8 Å². The topological polar surface area (TPSA) is 83.0 Å². The molecule has 0 radical (unpaired) electrons. The molecule has 0 aliphatic carbocycles. The largest absolute Gasteiger partial charge is 0.341 e. The van der Waals surface area contributed by atoms with Crippen molar-refractivity contribution < 1.29 is 4.79 Å². The third kappa shape index (κ3) is 3.86. The second-order valence-electron chi connectivity index (χ2n) is 6.44. The van der Waals surface area contributed by atoms with Crippen molar-refractivity contribution >= 4 is 5.91 Å². The van der Waals surface area contributed by atoms with Crippen molar-refractivity contribution in [2.75, 3.05) is 13.1 Å². The van der Waals surface area contributed by atoms with Crippen LogP contribution in [0, 0.1) is 17.2 Å². The summed E-state index contributed by atoms with van der Waals surface area (Å²) in [7, 11) is 0. The van der Waals surface area contributed by atoms with Gasteiger partial charge in [-0.05, 0) is 36.0 Å². The lowest BCUT2D eigenvalue weighted by Crippen LogP contribution is -2.44. The Balaban J connectivity index is 1.62. The molecule has 128 valence electrons. The first kappa shape index (κ1) is 17.1. The van der Waals surface area contributed by atoms with E-state index in [-0.39, 0.29) is 17.7 Å². The third-order valence-electron chi connectivity index (χ3n) is 4.93. The van der Waals surface area contributed by atoms with E-state index in [0.717, 1.165) is 24.0 Å². The Hall–Kier alpha value is -2.71. The number of hydrogen-bond donors (Lipinski definition) is 1. The summed E-state index contributed by atoms with van der Waals surface area (Å²) in [6.45, 7) is 1.28. The van der Waals surface area contributed by atoms with Crippen molar-refractivity contribution in [3.63, 3.8) is 0 Å². The van der Waals surface area contributed by atoms with Gasteiger partial charge in [-0.2, -0.15) is 5.26 Å². The number of aromatic nitrogens is 1. The van der Waals surface area contributed by atoms with Crippen molar-refractivity contribution in [3.05, 3.63) is 66.0 Å². The molecule has 0 bridgehead atoms. The minimum atomic E-state index is -0.622. The van der Waals surface area contributed by atoms with Crippen molar-refractivity contribution in [1.29, 1.82) is 5.26 Å². The molecule has 5 heteroatoms. The fraction of sp³-hybridized carbons (Fsp3) is 0.350. The van der Waals surface area contributed by atoms with Crippen LogP contribution in [0.2, 0.25) is 0 Å². The van der Waals surface area contributed by atoms with Crippen molar-refractivity contribution in [2.24, 2.45) is 11.7 Å². The van der Waals surface area contributed by atoms with Crippen LogP contribution in [-0.4, -0.2) is 28.9 Å². The van der Waals surface area contributed by atoms with E-state index >= 15 is 0 Å². The maximum absolute atomic E-state index is 12.6. The molecule has 1 saturated heterocycles. The van der Waals surface area contributed by atoms with E-state index in [1.807, 2.05) is 47.4 Å². The molecule has 2 N–H and O–H groups in total. The molecule has 1 aliphatic rings. The molecule has 2 atom stereocenters. The lowest BCUT2D eigenvalue weighted by atomic mass is 9.81. The fourth-order valence-electron chi connectivity index (χ4n) is 3.46. The zero-order chi connectivity index (χ0) is 17.6. The molecule has 5 nitrogen and oxygen atoms in total. The van der Waals surface area contributed by atoms with E-state index in [1.54, 1.807) is 12.4 Å². The van der Waals surface area contributed by atoms with Gasteiger partial charge in [-0.1, -0.05) is 36.4 Å². The predicted octanol–water partition coefficient (Wildman–Crippen LogP) is 2.63. The fourth-order valence-corrected chi connectivity index (χ4v) is 3.46. The molecule has 1 fully saturated rings. The smallest absolute Gasteiger partial charge is 0.244 e. The normalized spacial score (nSPS) is 17.5. The molecule has 1 amide bonds. The van der Waals surface area contributed by atoms with Gasteiger partial charge in [0.1, 0.15) is 6.04 Å². The number of hydrogen-bond acceptors (Lipinski definition) is 4. The number of benzene rings is 1. The van der Waals surface area contributed by atoms with Gasteiger partial charge in [-0.15, -0.1) is 0 Å². The third-order valence-corrected chi connectivity index (χ3v) is 4.93. The van der Waals surface area contributed by atoms with Gasteiger partial charge in [0.25, 0.3) is 0 Å². The second kappa shape index (κ2) is 7.91. The monoisotopic (exact) mass is 334 g/mol. The van der Waals surface area contributed by atoms with Crippen LogP contribution >= 0.6 is 0 Å². The van der Waals surface area contributed by atoms with Gasteiger partial charge in [0.2, 0.25) is 5.91 Å². The first-order valence-corrected chi connectivity index (χ1v) is 8.59. The number of nitrogens with two attached hydrogens (primary N) is 1. The molecule has 3 rings (SSSR count). The number of nitrogens with zero attached hydrogens (tertiary/aromatic N) is 3. The Labute approximate surface area is 148 Å². The summed E-state index contributed by atoms with van der Waals surface area (Å²) in [6.07, 6.45) is 5.08. The van der Waals surface area contributed by atoms with Gasteiger partial charge < -0.3 is 10.6 Å². The molecular weight excluding hydrogens is 312 g/mol. The van der Waals surface area contributed by atoms with E-state index < -0.39 is 6.04 Å². The quantitative estimate of drug-likeness (QED) is 0.931. The van der Waals surface area contributed by atoms with Crippen LogP contribution in [0.1, 0.15) is 35.9 Å². The first-order chi connectivity index (χ1) is 12.2. The number of rotatable bonds is 4. The van der Waals surface area contributed by atoms with Gasteiger partial charge in [-0.3, -0.25) is 9.78 Å². The van der Waals surface area contributed by atoms with Crippen LogP contribution in [0.25, 0.3) is 0 Å². The Bertz CT molecular complexity index is 733. The highest BCUT2D eigenvalue weighted by Crippen LogP contribution is 2.32. The van der Waals surface area contributed by atoms with E-state index in [1.165, 1.54) is 0 Å². The van der Waals surface area contributed by atoms with Crippen LogP contribution in [0.15, 0.2) is 54.9 Å². The molecule has 25 heavy (non-hydrogen) atoms.